The Morgan fingerprint density at radius 2 is 2.10 bits per heavy atom. The van der Waals surface area contributed by atoms with E-state index in [4.69, 9.17) is 9.47 Å². The van der Waals surface area contributed by atoms with Crippen LogP contribution in [-0.2, 0) is 9.53 Å². The van der Waals surface area contributed by atoms with Crippen molar-refractivity contribution < 1.29 is 14.3 Å². The van der Waals surface area contributed by atoms with E-state index < -0.39 is 0 Å². The Labute approximate surface area is 124 Å². The summed E-state index contributed by atoms with van der Waals surface area (Å²) in [5.41, 5.74) is 0.813. The number of methoxy groups -OCH3 is 1. The molecule has 2 unspecified atom stereocenters. The lowest BCUT2D eigenvalue weighted by atomic mass is 10.1. The number of carbonyl (C=O) groups excluding carboxylic acids is 1. The highest BCUT2D eigenvalue weighted by atomic mass is 16.5. The second-order valence-corrected chi connectivity index (χ2v) is 6.13. The van der Waals surface area contributed by atoms with Gasteiger partial charge >= 0.3 is 0 Å². The predicted octanol–water partition coefficient (Wildman–Crippen LogP) is 1.45. The van der Waals surface area contributed by atoms with Crippen LogP contribution in [0, 0.1) is 0 Å². The number of carbonyl (C=O) groups is 1. The maximum absolute atomic E-state index is 12.8. The largest absolute Gasteiger partial charge is 0.497 e. The topological polar surface area (TPSA) is 50.8 Å². The first kappa shape index (κ1) is 13.1. The molecule has 1 aliphatic carbocycles. The third-order valence-corrected chi connectivity index (χ3v) is 4.82. The summed E-state index contributed by atoms with van der Waals surface area (Å²) in [5, 5.41) is 3.55. The Bertz CT molecular complexity index is 547. The number of nitrogens with zero attached hydrogens (tertiary/aromatic N) is 1. The van der Waals surface area contributed by atoms with Crippen molar-refractivity contribution in [2.45, 2.75) is 37.0 Å². The minimum atomic E-state index is -0.298. The van der Waals surface area contributed by atoms with Crippen molar-refractivity contribution in [3.8, 4) is 5.75 Å². The van der Waals surface area contributed by atoms with Gasteiger partial charge in [0, 0.05) is 6.61 Å². The molecule has 5 nitrogen and oxygen atoms in total. The summed E-state index contributed by atoms with van der Waals surface area (Å²) in [7, 11) is 1.66. The third-order valence-electron chi connectivity index (χ3n) is 4.82. The lowest BCUT2D eigenvalue weighted by Gasteiger charge is -2.29. The monoisotopic (exact) mass is 288 g/mol. The highest BCUT2D eigenvalue weighted by molar-refractivity contribution is 5.92. The molecule has 1 N–H and O–H groups in total. The lowest BCUT2D eigenvalue weighted by molar-refractivity contribution is -0.133. The van der Waals surface area contributed by atoms with E-state index in [1.165, 1.54) is 0 Å². The Morgan fingerprint density at radius 1 is 1.33 bits per heavy atom. The highest BCUT2D eigenvalue weighted by Gasteiger charge is 2.60. The van der Waals surface area contributed by atoms with Crippen LogP contribution in [-0.4, -0.2) is 42.7 Å². The molecule has 0 bridgehead atoms. The fourth-order valence-corrected chi connectivity index (χ4v) is 3.39. The lowest BCUT2D eigenvalue weighted by Crippen LogP contribution is -2.40. The quantitative estimate of drug-likeness (QED) is 0.914. The zero-order valence-corrected chi connectivity index (χ0v) is 12.2. The Morgan fingerprint density at radius 3 is 2.67 bits per heavy atom. The summed E-state index contributed by atoms with van der Waals surface area (Å²) in [4.78, 5) is 14.8. The van der Waals surface area contributed by atoms with Crippen LogP contribution in [0.1, 0.15) is 31.0 Å². The molecular weight excluding hydrogens is 268 g/mol. The van der Waals surface area contributed by atoms with Crippen molar-refractivity contribution in [2.24, 2.45) is 0 Å². The van der Waals surface area contributed by atoms with Crippen LogP contribution in [0.25, 0.3) is 0 Å². The average Bonchev–Trinajstić information content (AvgIpc) is 2.99. The van der Waals surface area contributed by atoms with E-state index in [1.807, 2.05) is 29.2 Å². The molecule has 3 fully saturated rings. The van der Waals surface area contributed by atoms with Gasteiger partial charge < -0.3 is 14.4 Å². The van der Waals surface area contributed by atoms with E-state index >= 15 is 0 Å². The molecule has 0 aromatic heterocycles. The van der Waals surface area contributed by atoms with Gasteiger partial charge in [0.2, 0.25) is 5.91 Å². The minimum absolute atomic E-state index is 0.0439. The van der Waals surface area contributed by atoms with Gasteiger partial charge in [-0.05, 0) is 37.0 Å². The van der Waals surface area contributed by atoms with Gasteiger partial charge in [0.25, 0.3) is 0 Å². The number of ether oxygens (including phenoxy) is 2. The highest BCUT2D eigenvalue weighted by Crippen LogP contribution is 2.47. The van der Waals surface area contributed by atoms with E-state index in [-0.39, 0.29) is 23.7 Å². The van der Waals surface area contributed by atoms with Crippen LogP contribution >= 0.6 is 0 Å². The second-order valence-electron chi connectivity index (χ2n) is 6.13. The van der Waals surface area contributed by atoms with Crippen molar-refractivity contribution in [3.05, 3.63) is 29.8 Å². The average molecular weight is 288 g/mol. The molecule has 4 rings (SSSR count). The van der Waals surface area contributed by atoms with Gasteiger partial charge in [0.1, 0.15) is 17.5 Å². The maximum atomic E-state index is 12.8. The van der Waals surface area contributed by atoms with Gasteiger partial charge in [-0.3, -0.25) is 10.1 Å². The Balaban J connectivity index is 1.65. The number of amides is 1. The molecule has 112 valence electrons. The van der Waals surface area contributed by atoms with Gasteiger partial charge in [0.05, 0.1) is 19.8 Å². The molecule has 1 aromatic carbocycles. The second kappa shape index (κ2) is 4.71. The summed E-state index contributed by atoms with van der Waals surface area (Å²) < 4.78 is 10.7. The summed E-state index contributed by atoms with van der Waals surface area (Å²) in [6.45, 7) is 1.40. The number of rotatable bonds is 3. The fourth-order valence-electron chi connectivity index (χ4n) is 3.39. The smallest absolute Gasteiger partial charge is 0.244 e. The first-order chi connectivity index (χ1) is 10.2. The molecule has 1 spiro atoms. The Kier molecular flexibility index (Phi) is 2.94. The standard InChI is InChI=1S/C16H20N2O3/c1-20-13-4-2-11(3-5-13)14-17-16(7-8-16)15(19)18(14)12-6-9-21-10-12/h2-5,12,14,17H,6-10H2,1H3. The molecule has 2 atom stereocenters. The van der Waals surface area contributed by atoms with Crippen molar-refractivity contribution in [2.75, 3.05) is 20.3 Å². The molecule has 2 saturated heterocycles. The molecule has 21 heavy (non-hydrogen) atoms. The third kappa shape index (κ3) is 2.03. The molecule has 5 heteroatoms. The summed E-state index contributed by atoms with van der Waals surface area (Å²) in [6.07, 6.45) is 2.78. The van der Waals surface area contributed by atoms with Gasteiger partial charge in [-0.1, -0.05) is 12.1 Å². The van der Waals surface area contributed by atoms with Gasteiger partial charge in [-0.25, -0.2) is 0 Å². The number of hydrogen-bond acceptors (Lipinski definition) is 4. The van der Waals surface area contributed by atoms with E-state index in [2.05, 4.69) is 5.32 Å². The zero-order chi connectivity index (χ0) is 14.4. The molecule has 1 amide bonds. The molecule has 3 aliphatic rings. The zero-order valence-electron chi connectivity index (χ0n) is 12.2. The normalized spacial score (nSPS) is 30.1. The van der Waals surface area contributed by atoms with Crippen molar-refractivity contribution in [1.29, 1.82) is 0 Å². The molecule has 2 aliphatic heterocycles. The van der Waals surface area contributed by atoms with E-state index in [9.17, 15) is 4.79 Å². The van der Waals surface area contributed by atoms with Crippen LogP contribution in [0.15, 0.2) is 24.3 Å². The molecular formula is C16H20N2O3. The van der Waals surface area contributed by atoms with Crippen LogP contribution < -0.4 is 10.1 Å². The fraction of sp³-hybridized carbons (Fsp3) is 0.562. The van der Waals surface area contributed by atoms with Crippen molar-refractivity contribution in [1.82, 2.24) is 10.2 Å². The van der Waals surface area contributed by atoms with E-state index in [1.54, 1.807) is 7.11 Å². The summed E-state index contributed by atoms with van der Waals surface area (Å²) in [6, 6.07) is 8.16. The van der Waals surface area contributed by atoms with Gasteiger partial charge in [-0.15, -0.1) is 0 Å². The number of hydrogen-bond donors (Lipinski definition) is 1. The van der Waals surface area contributed by atoms with Crippen LogP contribution in [0.4, 0.5) is 0 Å². The first-order valence-electron chi connectivity index (χ1n) is 7.56. The van der Waals surface area contributed by atoms with Crippen molar-refractivity contribution in [3.63, 3.8) is 0 Å². The van der Waals surface area contributed by atoms with Gasteiger partial charge in [0.15, 0.2) is 0 Å². The molecule has 0 radical (unpaired) electrons. The van der Waals surface area contributed by atoms with E-state index in [0.717, 1.165) is 37.2 Å². The van der Waals surface area contributed by atoms with Crippen LogP contribution in [0.3, 0.4) is 0 Å². The molecule has 1 saturated carbocycles. The van der Waals surface area contributed by atoms with Gasteiger partial charge in [-0.2, -0.15) is 0 Å². The first-order valence-corrected chi connectivity index (χ1v) is 7.56. The summed E-state index contributed by atoms with van der Waals surface area (Å²) in [5.74, 6) is 1.08. The van der Waals surface area contributed by atoms with Crippen molar-refractivity contribution >= 4 is 5.91 Å². The van der Waals surface area contributed by atoms with Crippen LogP contribution in [0.2, 0.25) is 0 Å². The molecule has 1 aromatic rings. The minimum Gasteiger partial charge on any atom is -0.497 e. The number of nitrogens with one attached hydrogen (secondary N) is 1. The van der Waals surface area contributed by atoms with E-state index in [0.29, 0.717) is 6.61 Å². The molecule has 2 heterocycles. The summed E-state index contributed by atoms with van der Waals surface area (Å²) >= 11 is 0. The SMILES string of the molecule is COc1ccc(C2NC3(CC3)C(=O)N2C2CCOC2)cc1. The maximum Gasteiger partial charge on any atom is 0.244 e. The predicted molar refractivity (Wildman–Crippen MR) is 76.9 cm³/mol. The Hall–Kier alpha value is -1.59. The van der Waals surface area contributed by atoms with Crippen LogP contribution in [0.5, 0.6) is 5.75 Å². The number of benzene rings is 1.